The van der Waals surface area contributed by atoms with Crippen LogP contribution in [0.5, 0.6) is 0 Å². The van der Waals surface area contributed by atoms with Crippen LogP contribution in [0.25, 0.3) is 5.69 Å². The van der Waals surface area contributed by atoms with E-state index in [1.807, 2.05) is 42.5 Å². The molecule has 0 aliphatic rings. The van der Waals surface area contributed by atoms with Crippen molar-refractivity contribution in [1.29, 1.82) is 0 Å². The van der Waals surface area contributed by atoms with Crippen molar-refractivity contribution in [3.63, 3.8) is 0 Å². The van der Waals surface area contributed by atoms with Crippen molar-refractivity contribution in [1.82, 2.24) is 20.2 Å². The van der Waals surface area contributed by atoms with Gasteiger partial charge in [0, 0.05) is 14.9 Å². The number of benzene rings is 2. The van der Waals surface area contributed by atoms with Gasteiger partial charge in [-0.1, -0.05) is 34.1 Å². The molecular formula is C14H9BrN4OS. The smallest absolute Gasteiger partial charge is 0.218 e. The van der Waals surface area contributed by atoms with Crippen molar-refractivity contribution in [2.24, 2.45) is 0 Å². The van der Waals surface area contributed by atoms with E-state index in [-0.39, 0.29) is 0 Å². The zero-order valence-corrected chi connectivity index (χ0v) is 13.1. The molecule has 1 aromatic heterocycles. The first kappa shape index (κ1) is 14.0. The van der Waals surface area contributed by atoms with Gasteiger partial charge in [0.1, 0.15) is 0 Å². The number of rotatable bonds is 4. The van der Waals surface area contributed by atoms with Gasteiger partial charge in [-0.15, -0.1) is 5.10 Å². The van der Waals surface area contributed by atoms with Gasteiger partial charge >= 0.3 is 0 Å². The fourth-order valence-electron chi connectivity index (χ4n) is 1.75. The number of carbonyl (C=O) groups is 1. The molecule has 0 atom stereocenters. The molecular weight excluding hydrogens is 352 g/mol. The van der Waals surface area contributed by atoms with E-state index in [0.717, 1.165) is 21.3 Å². The normalized spacial score (nSPS) is 10.5. The van der Waals surface area contributed by atoms with Gasteiger partial charge in [0.2, 0.25) is 5.16 Å². The number of aromatic nitrogens is 4. The van der Waals surface area contributed by atoms with E-state index in [1.54, 1.807) is 10.7 Å². The van der Waals surface area contributed by atoms with Crippen molar-refractivity contribution in [3.05, 3.63) is 58.6 Å². The van der Waals surface area contributed by atoms with Gasteiger partial charge in [-0.25, -0.2) is 0 Å². The van der Waals surface area contributed by atoms with Crippen molar-refractivity contribution < 1.29 is 4.79 Å². The van der Waals surface area contributed by atoms with E-state index >= 15 is 0 Å². The van der Waals surface area contributed by atoms with Gasteiger partial charge in [0.05, 0.1) is 5.69 Å². The SMILES string of the molecule is O=Cc1ccc(Sc2nnnn2-c2ccccc2)cc1Br. The topological polar surface area (TPSA) is 60.7 Å². The first-order valence-electron chi connectivity index (χ1n) is 6.04. The molecule has 0 radical (unpaired) electrons. The minimum Gasteiger partial charge on any atom is -0.298 e. The number of nitrogens with zero attached hydrogens (tertiary/aromatic N) is 4. The molecule has 5 nitrogen and oxygen atoms in total. The summed E-state index contributed by atoms with van der Waals surface area (Å²) in [5.74, 6) is 0. The molecule has 0 N–H and O–H groups in total. The minimum absolute atomic E-state index is 0.613. The zero-order chi connectivity index (χ0) is 14.7. The van der Waals surface area contributed by atoms with Gasteiger partial charge < -0.3 is 0 Å². The second kappa shape index (κ2) is 6.19. The predicted octanol–water partition coefficient (Wildman–Crippen LogP) is 3.39. The predicted molar refractivity (Wildman–Crippen MR) is 82.8 cm³/mol. The maximum Gasteiger partial charge on any atom is 0.218 e. The van der Waals surface area contributed by atoms with Gasteiger partial charge in [-0.2, -0.15) is 4.68 Å². The molecule has 0 aliphatic heterocycles. The molecule has 104 valence electrons. The number of halogens is 1. The Bertz CT molecular complexity index is 776. The average Bonchev–Trinajstić information content (AvgIpc) is 2.96. The molecule has 0 unspecified atom stereocenters. The quantitative estimate of drug-likeness (QED) is 0.667. The monoisotopic (exact) mass is 360 g/mol. The third-order valence-electron chi connectivity index (χ3n) is 2.75. The molecule has 2 aromatic carbocycles. The highest BCUT2D eigenvalue weighted by atomic mass is 79.9. The molecule has 3 aromatic rings. The lowest BCUT2D eigenvalue weighted by Gasteiger charge is -2.05. The molecule has 1 heterocycles. The lowest BCUT2D eigenvalue weighted by molar-refractivity contribution is 0.112. The van der Waals surface area contributed by atoms with E-state index in [4.69, 9.17) is 0 Å². The Kier molecular flexibility index (Phi) is 4.12. The Hall–Kier alpha value is -1.99. The number of tetrazole rings is 1. The Morgan fingerprint density at radius 2 is 1.95 bits per heavy atom. The minimum atomic E-state index is 0.613. The lowest BCUT2D eigenvalue weighted by atomic mass is 10.2. The Morgan fingerprint density at radius 1 is 1.14 bits per heavy atom. The first-order valence-corrected chi connectivity index (χ1v) is 7.65. The highest BCUT2D eigenvalue weighted by Crippen LogP contribution is 2.30. The lowest BCUT2D eigenvalue weighted by Crippen LogP contribution is -1.98. The van der Waals surface area contributed by atoms with Gasteiger partial charge in [0.25, 0.3) is 0 Å². The van der Waals surface area contributed by atoms with Crippen LogP contribution in [0, 0.1) is 0 Å². The second-order valence-electron chi connectivity index (χ2n) is 4.11. The Balaban J connectivity index is 1.91. The van der Waals surface area contributed by atoms with E-state index in [0.29, 0.717) is 10.7 Å². The molecule has 0 amide bonds. The summed E-state index contributed by atoms with van der Waals surface area (Å²) in [7, 11) is 0. The zero-order valence-electron chi connectivity index (χ0n) is 10.7. The van der Waals surface area contributed by atoms with Crippen LogP contribution in [-0.2, 0) is 0 Å². The number of para-hydroxylation sites is 1. The van der Waals surface area contributed by atoms with Crippen LogP contribution in [0.1, 0.15) is 10.4 Å². The van der Waals surface area contributed by atoms with Crippen molar-refractivity contribution >= 4 is 34.0 Å². The summed E-state index contributed by atoms with van der Waals surface area (Å²) in [4.78, 5) is 11.8. The fourth-order valence-corrected chi connectivity index (χ4v) is 3.20. The van der Waals surface area contributed by atoms with Crippen LogP contribution >= 0.6 is 27.7 Å². The van der Waals surface area contributed by atoms with E-state index in [1.165, 1.54) is 11.8 Å². The Labute approximate surface area is 133 Å². The van der Waals surface area contributed by atoms with Crippen LogP contribution in [-0.4, -0.2) is 26.5 Å². The van der Waals surface area contributed by atoms with Gasteiger partial charge in [-0.3, -0.25) is 4.79 Å². The highest BCUT2D eigenvalue weighted by molar-refractivity contribution is 9.10. The van der Waals surface area contributed by atoms with Crippen molar-refractivity contribution in [3.8, 4) is 5.69 Å². The Morgan fingerprint density at radius 3 is 2.67 bits per heavy atom. The second-order valence-corrected chi connectivity index (χ2v) is 6.01. The summed E-state index contributed by atoms with van der Waals surface area (Å²) in [6, 6.07) is 15.2. The molecule has 7 heteroatoms. The highest BCUT2D eigenvalue weighted by Gasteiger charge is 2.10. The molecule has 0 saturated heterocycles. The van der Waals surface area contributed by atoms with Crippen LogP contribution in [0.3, 0.4) is 0 Å². The first-order chi connectivity index (χ1) is 10.3. The largest absolute Gasteiger partial charge is 0.298 e. The van der Waals surface area contributed by atoms with Gasteiger partial charge in [0.15, 0.2) is 6.29 Å². The molecule has 0 fully saturated rings. The molecule has 0 aliphatic carbocycles. The van der Waals surface area contributed by atoms with Crippen LogP contribution < -0.4 is 0 Å². The van der Waals surface area contributed by atoms with E-state index < -0.39 is 0 Å². The summed E-state index contributed by atoms with van der Waals surface area (Å²) < 4.78 is 2.42. The summed E-state index contributed by atoms with van der Waals surface area (Å²) in [5.41, 5.74) is 1.51. The molecule has 0 bridgehead atoms. The van der Waals surface area contributed by atoms with Crippen molar-refractivity contribution in [2.45, 2.75) is 10.1 Å². The summed E-state index contributed by atoms with van der Waals surface area (Å²) >= 11 is 4.80. The summed E-state index contributed by atoms with van der Waals surface area (Å²) in [5, 5.41) is 12.4. The number of hydrogen-bond acceptors (Lipinski definition) is 5. The van der Waals surface area contributed by atoms with E-state index in [9.17, 15) is 4.79 Å². The van der Waals surface area contributed by atoms with E-state index in [2.05, 4.69) is 31.5 Å². The van der Waals surface area contributed by atoms with Crippen LogP contribution in [0.4, 0.5) is 0 Å². The molecule has 21 heavy (non-hydrogen) atoms. The maximum absolute atomic E-state index is 10.8. The average molecular weight is 361 g/mol. The van der Waals surface area contributed by atoms with Crippen LogP contribution in [0.2, 0.25) is 0 Å². The standard InChI is InChI=1S/C14H9BrN4OS/c15-13-8-12(7-6-10(13)9-20)21-14-16-17-18-19(14)11-4-2-1-3-5-11/h1-9H. The maximum atomic E-state index is 10.8. The fraction of sp³-hybridized carbons (Fsp3) is 0. The summed E-state index contributed by atoms with van der Waals surface area (Å²) in [6.45, 7) is 0. The molecule has 0 saturated carbocycles. The number of aldehydes is 1. The number of hydrogen-bond donors (Lipinski definition) is 0. The van der Waals surface area contributed by atoms with Crippen molar-refractivity contribution in [2.75, 3.05) is 0 Å². The molecule has 0 spiro atoms. The summed E-state index contributed by atoms with van der Waals surface area (Å²) in [6.07, 6.45) is 0.812. The van der Waals surface area contributed by atoms with Gasteiger partial charge in [-0.05, 0) is 52.5 Å². The molecule has 3 rings (SSSR count). The number of carbonyl (C=O) groups excluding carboxylic acids is 1. The third-order valence-corrected chi connectivity index (χ3v) is 4.36. The third kappa shape index (κ3) is 3.03. The van der Waals surface area contributed by atoms with Crippen LogP contribution in [0.15, 0.2) is 63.1 Å².